The summed E-state index contributed by atoms with van der Waals surface area (Å²) >= 11 is 6.42. The molecule has 0 spiro atoms. The van der Waals surface area contributed by atoms with E-state index in [1.807, 2.05) is 0 Å². The molecule has 2 fully saturated rings. The average Bonchev–Trinajstić information content (AvgIpc) is 3.28. The Kier molecular flexibility index (Phi) is 7.75. The summed E-state index contributed by atoms with van der Waals surface area (Å²) in [6, 6.07) is 1.72. The standard InChI is InChI=1S/C23H31ClN6O3/c1-13-4-15(5-14(2)33-13)7-27-22-12-26-10-19(29-22)16-6-21(28-9-18(16)24)30-23(31)17-8-25-11-20(17)32-3/h6,9-10,12-15,17,20,25H,4-5,7-8,11H2,1-3H3,(H,27,29)(H,28,30,31)/t13-,14+,15?,17-,20-/m0/s1. The molecule has 4 heterocycles. The zero-order valence-corrected chi connectivity index (χ0v) is 19.9. The first-order chi connectivity index (χ1) is 15.9. The van der Waals surface area contributed by atoms with Gasteiger partial charge in [0.05, 0.1) is 47.3 Å². The van der Waals surface area contributed by atoms with E-state index in [4.69, 9.17) is 21.1 Å². The van der Waals surface area contributed by atoms with E-state index in [2.05, 4.69) is 44.7 Å². The number of aromatic nitrogens is 3. The fraction of sp³-hybridized carbons (Fsp3) is 0.565. The van der Waals surface area contributed by atoms with E-state index in [0.717, 1.165) is 19.4 Å². The van der Waals surface area contributed by atoms with Crippen molar-refractivity contribution in [1.82, 2.24) is 20.3 Å². The number of nitrogens with one attached hydrogen (secondary N) is 3. The molecule has 178 valence electrons. The highest BCUT2D eigenvalue weighted by molar-refractivity contribution is 6.33. The zero-order chi connectivity index (χ0) is 23.4. The van der Waals surface area contributed by atoms with Crippen molar-refractivity contribution < 1.29 is 14.3 Å². The predicted octanol–water partition coefficient (Wildman–Crippen LogP) is 2.98. The molecule has 2 aromatic rings. The molecule has 0 aromatic carbocycles. The molecule has 2 saturated heterocycles. The summed E-state index contributed by atoms with van der Waals surface area (Å²) in [5, 5.41) is 9.88. The van der Waals surface area contributed by atoms with E-state index in [0.29, 0.717) is 46.9 Å². The number of anilines is 2. The van der Waals surface area contributed by atoms with Gasteiger partial charge in [-0.2, -0.15) is 0 Å². The lowest BCUT2D eigenvalue weighted by Gasteiger charge is -2.32. The minimum atomic E-state index is -0.279. The van der Waals surface area contributed by atoms with Gasteiger partial charge in [-0.25, -0.2) is 9.97 Å². The zero-order valence-electron chi connectivity index (χ0n) is 19.2. The molecule has 2 aliphatic rings. The molecule has 5 atom stereocenters. The van der Waals surface area contributed by atoms with Gasteiger partial charge in [-0.3, -0.25) is 9.78 Å². The largest absolute Gasteiger partial charge is 0.379 e. The maximum Gasteiger partial charge on any atom is 0.232 e. The number of halogens is 1. The fourth-order valence-electron chi connectivity index (χ4n) is 4.63. The third kappa shape index (κ3) is 5.97. The number of carbonyl (C=O) groups excluding carboxylic acids is 1. The Morgan fingerprint density at radius 2 is 2.00 bits per heavy atom. The van der Waals surface area contributed by atoms with Crippen molar-refractivity contribution in [2.75, 3.05) is 37.4 Å². The van der Waals surface area contributed by atoms with Gasteiger partial charge in [0.25, 0.3) is 0 Å². The quantitative estimate of drug-likeness (QED) is 0.561. The number of hydrogen-bond donors (Lipinski definition) is 3. The highest BCUT2D eigenvalue weighted by atomic mass is 35.5. The van der Waals surface area contributed by atoms with Crippen LogP contribution in [0, 0.1) is 11.8 Å². The second kappa shape index (κ2) is 10.7. The molecular formula is C23H31ClN6O3. The van der Waals surface area contributed by atoms with Crippen molar-refractivity contribution >= 4 is 29.1 Å². The first-order valence-corrected chi connectivity index (χ1v) is 11.7. The molecule has 0 aliphatic carbocycles. The second-order valence-electron chi connectivity index (χ2n) is 8.84. The summed E-state index contributed by atoms with van der Waals surface area (Å²) in [6.45, 7) is 6.24. The summed E-state index contributed by atoms with van der Waals surface area (Å²) in [4.78, 5) is 26.0. The summed E-state index contributed by atoms with van der Waals surface area (Å²) in [7, 11) is 1.61. The van der Waals surface area contributed by atoms with Crippen LogP contribution < -0.4 is 16.0 Å². The van der Waals surface area contributed by atoms with Gasteiger partial charge in [0.1, 0.15) is 11.6 Å². The van der Waals surface area contributed by atoms with Crippen LogP contribution in [0.25, 0.3) is 11.3 Å². The highest BCUT2D eigenvalue weighted by Gasteiger charge is 2.33. The van der Waals surface area contributed by atoms with Gasteiger partial charge < -0.3 is 25.4 Å². The number of hydrogen-bond acceptors (Lipinski definition) is 8. The van der Waals surface area contributed by atoms with Crippen molar-refractivity contribution in [3.05, 3.63) is 29.7 Å². The van der Waals surface area contributed by atoms with Crippen molar-refractivity contribution in [2.45, 2.75) is 45.0 Å². The first kappa shape index (κ1) is 23.8. The van der Waals surface area contributed by atoms with Gasteiger partial charge >= 0.3 is 0 Å². The van der Waals surface area contributed by atoms with E-state index < -0.39 is 0 Å². The monoisotopic (exact) mass is 474 g/mol. The molecule has 2 aliphatic heterocycles. The van der Waals surface area contributed by atoms with Gasteiger partial charge in [0.2, 0.25) is 5.91 Å². The summed E-state index contributed by atoms with van der Waals surface area (Å²) in [5.74, 6) is 1.18. The second-order valence-corrected chi connectivity index (χ2v) is 9.25. The van der Waals surface area contributed by atoms with Crippen LogP contribution >= 0.6 is 11.6 Å². The van der Waals surface area contributed by atoms with Gasteiger partial charge in [-0.1, -0.05) is 11.6 Å². The summed E-state index contributed by atoms with van der Waals surface area (Å²) in [5.41, 5.74) is 1.26. The molecule has 0 bridgehead atoms. The fourth-order valence-corrected chi connectivity index (χ4v) is 4.83. The Morgan fingerprint density at radius 1 is 1.21 bits per heavy atom. The number of rotatable bonds is 7. The van der Waals surface area contributed by atoms with E-state index in [1.54, 1.807) is 25.6 Å². The Hall–Kier alpha value is -2.33. The van der Waals surface area contributed by atoms with Crippen molar-refractivity contribution in [3.8, 4) is 11.3 Å². The van der Waals surface area contributed by atoms with Crippen LogP contribution in [0.1, 0.15) is 26.7 Å². The topological polar surface area (TPSA) is 110 Å². The molecule has 2 aromatic heterocycles. The SMILES string of the molecule is CO[C@H]1CNC[C@@H]1C(=O)Nc1cc(-c2cncc(NCC3C[C@@H](C)O[C@@H](C)C3)n2)c(Cl)cn1. The molecular weight excluding hydrogens is 444 g/mol. The van der Waals surface area contributed by atoms with Gasteiger partial charge in [0, 0.05) is 38.5 Å². The van der Waals surface area contributed by atoms with Crippen LogP contribution in [0.2, 0.25) is 5.02 Å². The molecule has 9 nitrogen and oxygen atoms in total. The lowest BCUT2D eigenvalue weighted by atomic mass is 9.92. The van der Waals surface area contributed by atoms with E-state index in [-0.39, 0.29) is 30.1 Å². The molecule has 3 N–H and O–H groups in total. The molecule has 0 saturated carbocycles. The van der Waals surface area contributed by atoms with Crippen LogP contribution in [0.5, 0.6) is 0 Å². The minimum Gasteiger partial charge on any atom is -0.379 e. The summed E-state index contributed by atoms with van der Waals surface area (Å²) in [6.07, 6.45) is 7.27. The molecule has 0 radical (unpaired) electrons. The molecule has 33 heavy (non-hydrogen) atoms. The van der Waals surface area contributed by atoms with Crippen LogP contribution in [-0.2, 0) is 14.3 Å². The smallest absolute Gasteiger partial charge is 0.232 e. The maximum atomic E-state index is 12.7. The molecule has 1 unspecified atom stereocenters. The highest BCUT2D eigenvalue weighted by Crippen LogP contribution is 2.29. The lowest BCUT2D eigenvalue weighted by molar-refractivity contribution is -0.122. The van der Waals surface area contributed by atoms with Crippen molar-refractivity contribution in [2.24, 2.45) is 11.8 Å². The van der Waals surface area contributed by atoms with E-state index >= 15 is 0 Å². The summed E-state index contributed by atoms with van der Waals surface area (Å²) < 4.78 is 11.2. The van der Waals surface area contributed by atoms with Crippen LogP contribution in [0.4, 0.5) is 11.6 Å². The Morgan fingerprint density at radius 3 is 2.76 bits per heavy atom. The van der Waals surface area contributed by atoms with Crippen LogP contribution in [0.15, 0.2) is 24.7 Å². The molecule has 4 rings (SSSR count). The Bertz CT molecular complexity index is 967. The van der Waals surface area contributed by atoms with Crippen molar-refractivity contribution in [3.63, 3.8) is 0 Å². The Balaban J connectivity index is 1.44. The number of amides is 1. The number of pyridine rings is 1. The molecule has 10 heteroatoms. The normalized spacial score (nSPS) is 27.3. The van der Waals surface area contributed by atoms with E-state index in [9.17, 15) is 4.79 Å². The first-order valence-electron chi connectivity index (χ1n) is 11.3. The third-order valence-electron chi connectivity index (χ3n) is 6.18. The van der Waals surface area contributed by atoms with Gasteiger partial charge in [0.15, 0.2) is 0 Å². The number of carbonyl (C=O) groups is 1. The van der Waals surface area contributed by atoms with Crippen LogP contribution in [0.3, 0.4) is 0 Å². The van der Waals surface area contributed by atoms with E-state index in [1.165, 1.54) is 6.20 Å². The number of ether oxygens (including phenoxy) is 2. The number of nitrogens with zero attached hydrogens (tertiary/aromatic N) is 3. The van der Waals surface area contributed by atoms with Gasteiger partial charge in [-0.15, -0.1) is 0 Å². The van der Waals surface area contributed by atoms with Crippen molar-refractivity contribution in [1.29, 1.82) is 0 Å². The van der Waals surface area contributed by atoms with Gasteiger partial charge in [-0.05, 0) is 38.7 Å². The third-order valence-corrected chi connectivity index (χ3v) is 6.48. The maximum absolute atomic E-state index is 12.7. The minimum absolute atomic E-state index is 0.144. The Labute approximate surface area is 199 Å². The molecule has 1 amide bonds. The van der Waals surface area contributed by atoms with Crippen LogP contribution in [-0.4, -0.2) is 65.9 Å². The number of methoxy groups -OCH3 is 1. The predicted molar refractivity (Wildman–Crippen MR) is 127 cm³/mol. The lowest BCUT2D eigenvalue weighted by Crippen LogP contribution is -2.33. The average molecular weight is 475 g/mol.